The summed E-state index contributed by atoms with van der Waals surface area (Å²) in [6.07, 6.45) is 0.761. The Bertz CT molecular complexity index is 750. The molecule has 0 amide bonds. The highest BCUT2D eigenvalue weighted by Gasteiger charge is 2.11. The van der Waals surface area contributed by atoms with Gasteiger partial charge >= 0.3 is 0 Å². The lowest BCUT2D eigenvalue weighted by Gasteiger charge is -2.09. The Labute approximate surface area is 130 Å². The summed E-state index contributed by atoms with van der Waals surface area (Å²) in [4.78, 5) is 0. The molecule has 22 heavy (non-hydrogen) atoms. The molecule has 2 aromatic carbocycles. The summed E-state index contributed by atoms with van der Waals surface area (Å²) >= 11 is 0. The second-order valence-corrected chi connectivity index (χ2v) is 5.04. The number of rotatable bonds is 5. The Hall–Kier alpha value is -2.59. The summed E-state index contributed by atoms with van der Waals surface area (Å²) in [6, 6.07) is 20.2. The smallest absolute Gasteiger partial charge is 0.121 e. The number of aromatic nitrogens is 2. The van der Waals surface area contributed by atoms with Crippen LogP contribution in [0, 0.1) is 0 Å². The number of ether oxygens (including phenoxy) is 1. The number of hydrogen-bond donors (Lipinski definition) is 1. The van der Waals surface area contributed by atoms with Gasteiger partial charge in [-0.2, -0.15) is 5.10 Å². The van der Waals surface area contributed by atoms with E-state index < -0.39 is 0 Å². The molecule has 0 aliphatic heterocycles. The van der Waals surface area contributed by atoms with Crippen LogP contribution in [-0.2, 0) is 6.42 Å². The molecular weight excluding hydrogens is 274 g/mol. The van der Waals surface area contributed by atoms with Crippen LogP contribution in [0.5, 0.6) is 5.75 Å². The second kappa shape index (κ2) is 6.45. The summed E-state index contributed by atoms with van der Waals surface area (Å²) in [7, 11) is 1.67. The number of nitrogens with two attached hydrogens (primary N) is 1. The molecule has 0 aliphatic rings. The lowest BCUT2D eigenvalue weighted by atomic mass is 10.1. The maximum absolute atomic E-state index is 5.67. The zero-order valence-electron chi connectivity index (χ0n) is 12.6. The largest absolute Gasteiger partial charge is 0.497 e. The van der Waals surface area contributed by atoms with E-state index in [1.54, 1.807) is 7.11 Å². The predicted octanol–water partition coefficient (Wildman–Crippen LogP) is 3.05. The monoisotopic (exact) mass is 293 g/mol. The fourth-order valence-electron chi connectivity index (χ4n) is 2.45. The van der Waals surface area contributed by atoms with Gasteiger partial charge in [-0.3, -0.25) is 0 Å². The minimum absolute atomic E-state index is 0.587. The van der Waals surface area contributed by atoms with Gasteiger partial charge in [0.1, 0.15) is 5.75 Å². The summed E-state index contributed by atoms with van der Waals surface area (Å²) in [5, 5.41) is 4.70. The molecule has 4 nitrogen and oxygen atoms in total. The van der Waals surface area contributed by atoms with E-state index in [0.717, 1.165) is 34.8 Å². The van der Waals surface area contributed by atoms with Crippen LogP contribution in [-0.4, -0.2) is 23.4 Å². The normalized spacial score (nSPS) is 10.6. The van der Waals surface area contributed by atoms with Crippen molar-refractivity contribution in [1.82, 2.24) is 9.78 Å². The Morgan fingerprint density at radius 1 is 1.05 bits per heavy atom. The summed E-state index contributed by atoms with van der Waals surface area (Å²) in [5.41, 5.74) is 9.82. The first-order valence-corrected chi connectivity index (χ1v) is 7.30. The third kappa shape index (κ3) is 2.87. The topological polar surface area (TPSA) is 53.1 Å². The second-order valence-electron chi connectivity index (χ2n) is 5.04. The average molecular weight is 293 g/mol. The molecule has 0 atom stereocenters. The molecule has 112 valence electrons. The maximum Gasteiger partial charge on any atom is 0.121 e. The highest BCUT2D eigenvalue weighted by molar-refractivity contribution is 5.63. The fourth-order valence-corrected chi connectivity index (χ4v) is 2.45. The van der Waals surface area contributed by atoms with E-state index in [-0.39, 0.29) is 0 Å². The van der Waals surface area contributed by atoms with Gasteiger partial charge in [-0.1, -0.05) is 36.4 Å². The zero-order valence-corrected chi connectivity index (χ0v) is 12.6. The fraction of sp³-hybridized carbons (Fsp3) is 0.167. The summed E-state index contributed by atoms with van der Waals surface area (Å²) in [5.74, 6) is 0.812. The molecular formula is C18H19N3O. The minimum atomic E-state index is 0.587. The molecule has 0 radical (unpaired) electrons. The molecule has 4 heteroatoms. The molecule has 0 spiro atoms. The van der Waals surface area contributed by atoms with Gasteiger partial charge < -0.3 is 10.5 Å². The molecule has 0 saturated heterocycles. The Morgan fingerprint density at radius 3 is 2.59 bits per heavy atom. The number of benzene rings is 2. The van der Waals surface area contributed by atoms with Crippen LogP contribution < -0.4 is 10.5 Å². The maximum atomic E-state index is 5.67. The standard InChI is InChI=1S/C18H19N3O/c1-22-17-9-5-8-16(13-17)21-18(12-15(20-21)10-11-19)14-6-3-2-4-7-14/h2-9,12-13H,10-11,19H2,1H3. The highest BCUT2D eigenvalue weighted by atomic mass is 16.5. The average Bonchev–Trinajstić information content (AvgIpc) is 3.00. The van der Waals surface area contributed by atoms with E-state index in [1.165, 1.54) is 0 Å². The lowest BCUT2D eigenvalue weighted by Crippen LogP contribution is -2.04. The van der Waals surface area contributed by atoms with E-state index in [9.17, 15) is 0 Å². The van der Waals surface area contributed by atoms with Crippen LogP contribution in [0.2, 0.25) is 0 Å². The van der Waals surface area contributed by atoms with Gasteiger partial charge in [0.2, 0.25) is 0 Å². The van der Waals surface area contributed by atoms with Gasteiger partial charge in [-0.15, -0.1) is 0 Å². The lowest BCUT2D eigenvalue weighted by molar-refractivity contribution is 0.414. The first-order chi connectivity index (χ1) is 10.8. The molecule has 0 fully saturated rings. The number of hydrogen-bond acceptors (Lipinski definition) is 3. The van der Waals surface area contributed by atoms with Gasteiger partial charge in [-0.05, 0) is 24.7 Å². The third-order valence-corrected chi connectivity index (χ3v) is 3.53. The van der Waals surface area contributed by atoms with Crippen molar-refractivity contribution in [2.75, 3.05) is 13.7 Å². The Balaban J connectivity index is 2.12. The van der Waals surface area contributed by atoms with Gasteiger partial charge in [0, 0.05) is 18.1 Å². The van der Waals surface area contributed by atoms with Crippen molar-refractivity contribution in [3.63, 3.8) is 0 Å². The van der Waals surface area contributed by atoms with E-state index in [1.807, 2.05) is 47.1 Å². The third-order valence-electron chi connectivity index (χ3n) is 3.53. The molecule has 2 N–H and O–H groups in total. The molecule has 3 rings (SSSR count). The molecule has 0 unspecified atom stereocenters. The molecule has 0 saturated carbocycles. The highest BCUT2D eigenvalue weighted by Crippen LogP contribution is 2.25. The Morgan fingerprint density at radius 2 is 1.86 bits per heavy atom. The molecule has 1 heterocycles. The quantitative estimate of drug-likeness (QED) is 0.786. The van der Waals surface area contributed by atoms with Crippen LogP contribution in [0.1, 0.15) is 5.69 Å². The minimum Gasteiger partial charge on any atom is -0.497 e. The van der Waals surface area contributed by atoms with E-state index >= 15 is 0 Å². The van der Waals surface area contributed by atoms with Crippen LogP contribution in [0.25, 0.3) is 16.9 Å². The summed E-state index contributed by atoms with van der Waals surface area (Å²) < 4.78 is 7.26. The van der Waals surface area contributed by atoms with Crippen molar-refractivity contribution in [2.45, 2.75) is 6.42 Å². The summed E-state index contributed by atoms with van der Waals surface area (Å²) in [6.45, 7) is 0.587. The van der Waals surface area contributed by atoms with Gasteiger partial charge in [0.15, 0.2) is 0 Å². The van der Waals surface area contributed by atoms with Crippen molar-refractivity contribution in [1.29, 1.82) is 0 Å². The van der Waals surface area contributed by atoms with E-state index in [0.29, 0.717) is 6.54 Å². The molecule has 0 bridgehead atoms. The van der Waals surface area contributed by atoms with Crippen molar-refractivity contribution in [3.05, 3.63) is 66.4 Å². The predicted molar refractivity (Wildman–Crippen MR) is 88.3 cm³/mol. The first kappa shape index (κ1) is 14.4. The van der Waals surface area contributed by atoms with Crippen LogP contribution in [0.15, 0.2) is 60.7 Å². The van der Waals surface area contributed by atoms with Crippen LogP contribution in [0.4, 0.5) is 0 Å². The van der Waals surface area contributed by atoms with Gasteiger partial charge in [0.05, 0.1) is 24.2 Å². The number of nitrogens with zero attached hydrogens (tertiary/aromatic N) is 2. The molecule has 0 aliphatic carbocycles. The molecule has 3 aromatic rings. The zero-order chi connectivity index (χ0) is 15.4. The molecule has 1 aromatic heterocycles. The van der Waals surface area contributed by atoms with E-state index in [2.05, 4.69) is 18.2 Å². The van der Waals surface area contributed by atoms with E-state index in [4.69, 9.17) is 15.6 Å². The van der Waals surface area contributed by atoms with Crippen molar-refractivity contribution in [3.8, 4) is 22.7 Å². The van der Waals surface area contributed by atoms with Crippen molar-refractivity contribution in [2.24, 2.45) is 5.73 Å². The van der Waals surface area contributed by atoms with Crippen LogP contribution >= 0.6 is 0 Å². The first-order valence-electron chi connectivity index (χ1n) is 7.30. The van der Waals surface area contributed by atoms with Crippen molar-refractivity contribution >= 4 is 0 Å². The van der Waals surface area contributed by atoms with Gasteiger partial charge in [0.25, 0.3) is 0 Å². The van der Waals surface area contributed by atoms with Gasteiger partial charge in [-0.25, -0.2) is 4.68 Å². The number of methoxy groups -OCH3 is 1. The SMILES string of the molecule is COc1cccc(-n2nc(CCN)cc2-c2ccccc2)c1. The Kier molecular flexibility index (Phi) is 4.21. The van der Waals surface area contributed by atoms with Crippen molar-refractivity contribution < 1.29 is 4.74 Å². The van der Waals surface area contributed by atoms with Crippen LogP contribution in [0.3, 0.4) is 0 Å².